The Kier molecular flexibility index (Phi) is 5.00. The summed E-state index contributed by atoms with van der Waals surface area (Å²) >= 11 is 0. The minimum atomic E-state index is -3.75. The number of aryl methyl sites for hydroxylation is 1. The van der Waals surface area contributed by atoms with Crippen LogP contribution in [-0.2, 0) is 21.2 Å². The molecule has 0 saturated heterocycles. The van der Waals surface area contributed by atoms with E-state index in [1.165, 1.54) is 0 Å². The molecule has 0 amide bonds. The van der Waals surface area contributed by atoms with Crippen molar-refractivity contribution in [2.24, 2.45) is 0 Å². The SMILES string of the molecule is CCc1ccc(S(=O)(=O)N(CC(=O)O)C2CCCC2)cc1. The van der Waals surface area contributed by atoms with Crippen molar-refractivity contribution in [2.45, 2.75) is 50.0 Å². The number of aliphatic carboxylic acids is 1. The fourth-order valence-electron chi connectivity index (χ4n) is 2.77. The smallest absolute Gasteiger partial charge is 0.318 e. The number of benzene rings is 1. The van der Waals surface area contributed by atoms with Crippen LogP contribution in [0.25, 0.3) is 0 Å². The predicted molar refractivity (Wildman–Crippen MR) is 79.6 cm³/mol. The van der Waals surface area contributed by atoms with Crippen LogP contribution in [0, 0.1) is 0 Å². The first-order chi connectivity index (χ1) is 9.95. The molecule has 1 fully saturated rings. The van der Waals surface area contributed by atoms with Crippen LogP contribution in [0.5, 0.6) is 0 Å². The van der Waals surface area contributed by atoms with Gasteiger partial charge in [0.25, 0.3) is 0 Å². The molecule has 116 valence electrons. The first-order valence-electron chi connectivity index (χ1n) is 7.27. The third-order valence-electron chi connectivity index (χ3n) is 3.96. The highest BCUT2D eigenvalue weighted by Crippen LogP contribution is 2.28. The topological polar surface area (TPSA) is 74.7 Å². The molecule has 0 atom stereocenters. The second-order valence-corrected chi connectivity index (χ2v) is 7.27. The third kappa shape index (κ3) is 3.63. The molecule has 1 aliphatic carbocycles. The van der Waals surface area contributed by atoms with Gasteiger partial charge in [-0.1, -0.05) is 31.9 Å². The lowest BCUT2D eigenvalue weighted by molar-refractivity contribution is -0.137. The van der Waals surface area contributed by atoms with Gasteiger partial charge in [-0.3, -0.25) is 4.79 Å². The second kappa shape index (κ2) is 6.58. The summed E-state index contributed by atoms with van der Waals surface area (Å²) in [6.45, 7) is 1.53. The number of rotatable bonds is 6. The van der Waals surface area contributed by atoms with Crippen molar-refractivity contribution in [3.8, 4) is 0 Å². The Hall–Kier alpha value is -1.40. The molecule has 0 bridgehead atoms. The molecule has 1 aliphatic rings. The number of nitrogens with zero attached hydrogens (tertiary/aromatic N) is 1. The van der Waals surface area contributed by atoms with Crippen LogP contribution in [0.1, 0.15) is 38.2 Å². The summed E-state index contributed by atoms with van der Waals surface area (Å²) in [6, 6.07) is 6.49. The number of hydrogen-bond acceptors (Lipinski definition) is 3. The van der Waals surface area contributed by atoms with Crippen LogP contribution in [-0.4, -0.2) is 36.4 Å². The molecule has 1 N–H and O–H groups in total. The van der Waals surface area contributed by atoms with E-state index in [2.05, 4.69) is 0 Å². The average molecular weight is 311 g/mol. The van der Waals surface area contributed by atoms with Crippen molar-refractivity contribution < 1.29 is 18.3 Å². The van der Waals surface area contributed by atoms with Gasteiger partial charge in [-0.2, -0.15) is 4.31 Å². The van der Waals surface area contributed by atoms with E-state index in [9.17, 15) is 13.2 Å². The zero-order chi connectivity index (χ0) is 15.5. The van der Waals surface area contributed by atoms with Crippen LogP contribution in [0.3, 0.4) is 0 Å². The largest absolute Gasteiger partial charge is 0.480 e. The van der Waals surface area contributed by atoms with Gasteiger partial charge in [0.15, 0.2) is 0 Å². The fourth-order valence-corrected chi connectivity index (χ4v) is 4.40. The van der Waals surface area contributed by atoms with Crippen LogP contribution in [0.15, 0.2) is 29.2 Å². The Morgan fingerprint density at radius 3 is 2.29 bits per heavy atom. The molecular weight excluding hydrogens is 290 g/mol. The normalized spacial score (nSPS) is 16.5. The summed E-state index contributed by atoms with van der Waals surface area (Å²) in [4.78, 5) is 11.2. The average Bonchev–Trinajstić information content (AvgIpc) is 2.98. The maximum absolute atomic E-state index is 12.7. The van der Waals surface area contributed by atoms with Gasteiger partial charge in [-0.15, -0.1) is 0 Å². The Morgan fingerprint density at radius 1 is 1.24 bits per heavy atom. The van der Waals surface area contributed by atoms with E-state index in [-0.39, 0.29) is 10.9 Å². The van der Waals surface area contributed by atoms with Gasteiger partial charge in [-0.25, -0.2) is 8.42 Å². The van der Waals surface area contributed by atoms with Gasteiger partial charge in [0.2, 0.25) is 10.0 Å². The molecule has 1 saturated carbocycles. The minimum absolute atomic E-state index is 0.174. The standard InChI is InChI=1S/C15H21NO4S/c1-2-12-7-9-14(10-8-12)21(19,20)16(11-15(17)18)13-5-3-4-6-13/h7-10,13H,2-6,11H2,1H3,(H,17,18). The summed E-state index contributed by atoms with van der Waals surface area (Å²) in [5, 5.41) is 9.03. The van der Waals surface area contributed by atoms with Gasteiger partial charge >= 0.3 is 5.97 Å². The van der Waals surface area contributed by atoms with Crippen molar-refractivity contribution in [1.29, 1.82) is 0 Å². The van der Waals surface area contributed by atoms with Crippen molar-refractivity contribution in [2.75, 3.05) is 6.54 Å². The monoisotopic (exact) mass is 311 g/mol. The van der Waals surface area contributed by atoms with Crippen molar-refractivity contribution in [3.05, 3.63) is 29.8 Å². The van der Waals surface area contributed by atoms with E-state index in [0.717, 1.165) is 42.0 Å². The number of carboxylic acids is 1. The molecule has 0 aliphatic heterocycles. The molecule has 5 nitrogen and oxygen atoms in total. The maximum atomic E-state index is 12.7. The van der Waals surface area contributed by atoms with E-state index in [1.807, 2.05) is 6.92 Å². The van der Waals surface area contributed by atoms with Gasteiger partial charge in [-0.05, 0) is 37.0 Å². The lowest BCUT2D eigenvalue weighted by Crippen LogP contribution is -2.42. The van der Waals surface area contributed by atoms with Crippen LogP contribution in [0.4, 0.5) is 0 Å². The molecule has 0 spiro atoms. The summed E-state index contributed by atoms with van der Waals surface area (Å²) in [5.41, 5.74) is 1.06. The van der Waals surface area contributed by atoms with E-state index >= 15 is 0 Å². The molecular formula is C15H21NO4S. The minimum Gasteiger partial charge on any atom is -0.480 e. The molecule has 0 unspecified atom stereocenters. The first kappa shape index (κ1) is 16.0. The zero-order valence-corrected chi connectivity index (χ0v) is 13.0. The summed E-state index contributed by atoms with van der Waals surface area (Å²) in [6.07, 6.45) is 4.21. The summed E-state index contributed by atoms with van der Waals surface area (Å²) in [5.74, 6) is -1.12. The Balaban J connectivity index is 2.32. The molecule has 0 radical (unpaired) electrons. The highest BCUT2D eigenvalue weighted by atomic mass is 32.2. The highest BCUT2D eigenvalue weighted by molar-refractivity contribution is 7.89. The molecule has 2 rings (SSSR count). The van der Waals surface area contributed by atoms with E-state index < -0.39 is 22.5 Å². The fraction of sp³-hybridized carbons (Fsp3) is 0.533. The molecule has 1 aromatic rings. The van der Waals surface area contributed by atoms with E-state index in [4.69, 9.17) is 5.11 Å². The summed E-state index contributed by atoms with van der Waals surface area (Å²) in [7, 11) is -3.75. The number of carboxylic acid groups (broad SMARTS) is 1. The zero-order valence-electron chi connectivity index (χ0n) is 12.2. The van der Waals surface area contributed by atoms with Gasteiger partial charge in [0.05, 0.1) is 4.90 Å². The lowest BCUT2D eigenvalue weighted by Gasteiger charge is -2.26. The first-order valence-corrected chi connectivity index (χ1v) is 8.71. The maximum Gasteiger partial charge on any atom is 0.318 e. The van der Waals surface area contributed by atoms with E-state index in [1.54, 1.807) is 24.3 Å². The molecule has 1 aromatic carbocycles. The number of hydrogen-bond donors (Lipinski definition) is 1. The third-order valence-corrected chi connectivity index (χ3v) is 5.87. The molecule has 6 heteroatoms. The number of carbonyl (C=O) groups is 1. The van der Waals surface area contributed by atoms with Gasteiger partial charge in [0, 0.05) is 6.04 Å². The van der Waals surface area contributed by atoms with Crippen LogP contribution < -0.4 is 0 Å². The highest BCUT2D eigenvalue weighted by Gasteiger charge is 2.34. The Bertz CT molecular complexity index is 589. The predicted octanol–water partition coefficient (Wildman–Crippen LogP) is 2.27. The lowest BCUT2D eigenvalue weighted by atomic mass is 10.2. The van der Waals surface area contributed by atoms with Crippen LogP contribution in [0.2, 0.25) is 0 Å². The Morgan fingerprint density at radius 2 is 1.81 bits per heavy atom. The second-order valence-electron chi connectivity index (χ2n) is 5.38. The van der Waals surface area contributed by atoms with E-state index in [0.29, 0.717) is 0 Å². The molecule has 21 heavy (non-hydrogen) atoms. The van der Waals surface area contributed by atoms with Gasteiger partial charge < -0.3 is 5.11 Å². The molecule has 0 heterocycles. The molecule has 0 aromatic heterocycles. The quantitative estimate of drug-likeness (QED) is 0.874. The number of sulfonamides is 1. The Labute approximate surface area is 125 Å². The van der Waals surface area contributed by atoms with Crippen LogP contribution >= 0.6 is 0 Å². The van der Waals surface area contributed by atoms with Crippen molar-refractivity contribution in [3.63, 3.8) is 0 Å². The van der Waals surface area contributed by atoms with Gasteiger partial charge in [0.1, 0.15) is 6.54 Å². The summed E-state index contributed by atoms with van der Waals surface area (Å²) < 4.78 is 26.6. The van der Waals surface area contributed by atoms with Crippen molar-refractivity contribution >= 4 is 16.0 Å². The van der Waals surface area contributed by atoms with Crippen molar-refractivity contribution in [1.82, 2.24) is 4.31 Å².